The van der Waals surface area contributed by atoms with Gasteiger partial charge in [-0.15, -0.1) is 13.2 Å². The minimum absolute atomic E-state index is 0.206. The number of nitro groups is 1. The van der Waals surface area contributed by atoms with Crippen molar-refractivity contribution in [3.8, 4) is 5.88 Å². The fraction of sp³-hybridized carbons (Fsp3) is 0.250. The third kappa shape index (κ3) is 3.56. The fourth-order valence-electron chi connectivity index (χ4n) is 1.12. The van der Waals surface area contributed by atoms with Crippen molar-refractivity contribution >= 4 is 12.1 Å². The number of alkyl halides is 5. The summed E-state index contributed by atoms with van der Waals surface area (Å²) in [5.41, 5.74) is -2.46. The average molecular weight is 286 g/mol. The van der Waals surface area contributed by atoms with Gasteiger partial charge >= 0.3 is 18.1 Å². The van der Waals surface area contributed by atoms with E-state index in [0.717, 1.165) is 0 Å². The number of carbonyl (C=O) groups is 1. The lowest BCUT2D eigenvalue weighted by molar-refractivity contribution is -0.390. The zero-order valence-corrected chi connectivity index (χ0v) is 8.65. The van der Waals surface area contributed by atoms with E-state index in [0.29, 0.717) is 0 Å². The number of aldehydes is 1. The molecule has 0 atom stereocenters. The number of rotatable bonds is 4. The van der Waals surface area contributed by atoms with Crippen LogP contribution in [0.5, 0.6) is 5.88 Å². The summed E-state index contributed by atoms with van der Waals surface area (Å²) < 4.78 is 64.2. The highest BCUT2D eigenvalue weighted by molar-refractivity contribution is 5.81. The highest BCUT2D eigenvalue weighted by Crippen LogP contribution is 2.33. The molecule has 0 aliphatic heterocycles. The Kier molecular flexibility index (Phi) is 3.97. The minimum atomic E-state index is -5.33. The SMILES string of the molecule is O=Cc1c(C(F)F)cc([N+](=O)[O-])nc1OC(F)(F)F. The lowest BCUT2D eigenvalue weighted by Crippen LogP contribution is -2.20. The van der Waals surface area contributed by atoms with E-state index < -0.39 is 40.5 Å². The van der Waals surface area contributed by atoms with Crippen molar-refractivity contribution in [2.24, 2.45) is 0 Å². The third-order valence-electron chi connectivity index (χ3n) is 1.79. The number of aromatic nitrogens is 1. The van der Waals surface area contributed by atoms with Crippen LogP contribution in [0, 0.1) is 10.1 Å². The molecule has 0 aliphatic rings. The van der Waals surface area contributed by atoms with Gasteiger partial charge in [0.25, 0.3) is 6.43 Å². The second-order valence-corrected chi connectivity index (χ2v) is 3.01. The Morgan fingerprint density at radius 2 is 2.00 bits per heavy atom. The van der Waals surface area contributed by atoms with E-state index in [1.54, 1.807) is 0 Å². The Hall–Kier alpha value is -2.33. The molecule has 0 saturated heterocycles. The second-order valence-electron chi connectivity index (χ2n) is 3.01. The first-order chi connectivity index (χ1) is 8.65. The molecular formula is C8H3F5N2O4. The van der Waals surface area contributed by atoms with E-state index in [1.165, 1.54) is 0 Å². The van der Waals surface area contributed by atoms with E-state index in [1.807, 2.05) is 0 Å². The van der Waals surface area contributed by atoms with Crippen LogP contribution in [-0.2, 0) is 0 Å². The predicted molar refractivity (Wildman–Crippen MR) is 47.9 cm³/mol. The Morgan fingerprint density at radius 3 is 2.37 bits per heavy atom. The highest BCUT2D eigenvalue weighted by Gasteiger charge is 2.37. The summed E-state index contributed by atoms with van der Waals surface area (Å²) in [6.45, 7) is 0. The first-order valence-electron chi connectivity index (χ1n) is 4.34. The monoisotopic (exact) mass is 286 g/mol. The van der Waals surface area contributed by atoms with Gasteiger partial charge in [0.15, 0.2) is 6.29 Å². The number of halogens is 5. The van der Waals surface area contributed by atoms with E-state index >= 15 is 0 Å². The largest absolute Gasteiger partial charge is 0.575 e. The molecule has 104 valence electrons. The van der Waals surface area contributed by atoms with Crippen LogP contribution in [0.4, 0.5) is 27.8 Å². The lowest BCUT2D eigenvalue weighted by atomic mass is 10.1. The van der Waals surface area contributed by atoms with Crippen molar-refractivity contribution < 1.29 is 36.4 Å². The number of hydrogen-bond acceptors (Lipinski definition) is 5. The Labute approximate surface area is 101 Å². The summed E-state index contributed by atoms with van der Waals surface area (Å²) in [6, 6.07) is 0.206. The molecule has 11 heteroatoms. The van der Waals surface area contributed by atoms with E-state index in [2.05, 4.69) is 9.72 Å². The molecule has 1 heterocycles. The van der Waals surface area contributed by atoms with E-state index in [9.17, 15) is 36.9 Å². The van der Waals surface area contributed by atoms with E-state index in [-0.39, 0.29) is 12.4 Å². The van der Waals surface area contributed by atoms with Gasteiger partial charge in [-0.3, -0.25) is 4.79 Å². The van der Waals surface area contributed by atoms with Crippen molar-refractivity contribution in [2.45, 2.75) is 12.8 Å². The molecule has 19 heavy (non-hydrogen) atoms. The number of ether oxygens (including phenoxy) is 1. The van der Waals surface area contributed by atoms with Crippen molar-refractivity contribution in [3.05, 3.63) is 27.3 Å². The average Bonchev–Trinajstić information content (AvgIpc) is 2.25. The van der Waals surface area contributed by atoms with Gasteiger partial charge in [-0.2, -0.15) is 0 Å². The molecular weight excluding hydrogens is 283 g/mol. The van der Waals surface area contributed by atoms with Crippen molar-refractivity contribution in [1.29, 1.82) is 0 Å². The van der Waals surface area contributed by atoms with Crippen LogP contribution in [0.15, 0.2) is 6.07 Å². The zero-order valence-electron chi connectivity index (χ0n) is 8.65. The Bertz CT molecular complexity index is 517. The van der Waals surface area contributed by atoms with Gasteiger partial charge in [0, 0.05) is 16.6 Å². The van der Waals surface area contributed by atoms with Gasteiger partial charge in [0.05, 0.1) is 0 Å². The summed E-state index contributed by atoms with van der Waals surface area (Å²) >= 11 is 0. The van der Waals surface area contributed by atoms with Crippen molar-refractivity contribution in [2.75, 3.05) is 0 Å². The topological polar surface area (TPSA) is 82.3 Å². The maximum Gasteiger partial charge on any atom is 0.575 e. The van der Waals surface area contributed by atoms with Gasteiger partial charge in [-0.05, 0) is 4.92 Å². The van der Waals surface area contributed by atoms with Gasteiger partial charge < -0.3 is 14.9 Å². The highest BCUT2D eigenvalue weighted by atomic mass is 19.4. The molecule has 0 spiro atoms. The minimum Gasteiger partial charge on any atom is -0.366 e. The lowest BCUT2D eigenvalue weighted by Gasteiger charge is -2.09. The molecule has 1 rings (SSSR count). The van der Waals surface area contributed by atoms with Gasteiger partial charge in [0.2, 0.25) is 0 Å². The molecule has 0 aliphatic carbocycles. The molecule has 0 aromatic carbocycles. The van der Waals surface area contributed by atoms with Crippen LogP contribution < -0.4 is 4.74 Å². The maximum absolute atomic E-state index is 12.5. The molecule has 0 fully saturated rings. The van der Waals surface area contributed by atoms with E-state index in [4.69, 9.17) is 0 Å². The number of carbonyl (C=O) groups excluding carboxylic acids is 1. The molecule has 0 radical (unpaired) electrons. The van der Waals surface area contributed by atoms with Gasteiger partial charge in [-0.25, -0.2) is 8.78 Å². The summed E-state index contributed by atoms with van der Waals surface area (Å²) in [4.78, 5) is 22.4. The van der Waals surface area contributed by atoms with Crippen LogP contribution in [0.25, 0.3) is 0 Å². The number of nitrogens with zero attached hydrogens (tertiary/aromatic N) is 2. The smallest absolute Gasteiger partial charge is 0.366 e. The van der Waals surface area contributed by atoms with Gasteiger partial charge in [-0.1, -0.05) is 0 Å². The molecule has 1 aromatic heterocycles. The summed E-state index contributed by atoms with van der Waals surface area (Å²) in [6.07, 6.45) is -9.09. The van der Waals surface area contributed by atoms with Crippen LogP contribution >= 0.6 is 0 Å². The molecule has 0 unspecified atom stereocenters. The van der Waals surface area contributed by atoms with Crippen LogP contribution in [0.1, 0.15) is 22.3 Å². The molecule has 0 bridgehead atoms. The normalized spacial score (nSPS) is 11.5. The summed E-state index contributed by atoms with van der Waals surface area (Å²) in [5, 5.41) is 10.4. The van der Waals surface area contributed by atoms with Crippen molar-refractivity contribution in [3.63, 3.8) is 0 Å². The third-order valence-corrected chi connectivity index (χ3v) is 1.79. The summed E-state index contributed by atoms with van der Waals surface area (Å²) in [7, 11) is 0. The van der Waals surface area contributed by atoms with Crippen LogP contribution in [-0.4, -0.2) is 22.6 Å². The zero-order chi connectivity index (χ0) is 14.8. The van der Waals surface area contributed by atoms with Gasteiger partial charge in [0.1, 0.15) is 5.56 Å². The quantitative estimate of drug-likeness (QED) is 0.368. The first-order valence-corrected chi connectivity index (χ1v) is 4.34. The second kappa shape index (κ2) is 5.12. The molecule has 6 nitrogen and oxygen atoms in total. The molecule has 1 aromatic rings. The Morgan fingerprint density at radius 1 is 1.42 bits per heavy atom. The van der Waals surface area contributed by atoms with Crippen LogP contribution in [0.2, 0.25) is 0 Å². The number of pyridine rings is 1. The van der Waals surface area contributed by atoms with Crippen LogP contribution in [0.3, 0.4) is 0 Å². The molecule has 0 saturated carbocycles. The fourth-order valence-corrected chi connectivity index (χ4v) is 1.12. The predicted octanol–water partition coefficient (Wildman–Crippen LogP) is 2.64. The number of hydrogen-bond donors (Lipinski definition) is 0. The maximum atomic E-state index is 12.5. The Balaban J connectivity index is 3.49. The summed E-state index contributed by atoms with van der Waals surface area (Å²) in [5.74, 6) is -2.88. The first kappa shape index (κ1) is 14.7. The molecule has 0 amide bonds. The van der Waals surface area contributed by atoms with Crippen molar-refractivity contribution in [1.82, 2.24) is 4.98 Å². The molecule has 0 N–H and O–H groups in total. The standard InChI is InChI=1S/C8H3F5N2O4/c9-6(10)3-1-5(15(17)18)14-7(4(3)2-16)19-8(11,12)13/h1-2,6H.